The third-order valence-corrected chi connectivity index (χ3v) is 6.50. The Labute approximate surface area is 206 Å². The zero-order chi connectivity index (χ0) is 23.1. The molecular weight excluding hydrogens is 480 g/mol. The van der Waals surface area contributed by atoms with Crippen molar-refractivity contribution in [2.75, 3.05) is 4.90 Å². The van der Waals surface area contributed by atoms with Crippen molar-refractivity contribution in [2.45, 2.75) is 19.0 Å². The van der Waals surface area contributed by atoms with E-state index in [0.29, 0.717) is 32.2 Å². The van der Waals surface area contributed by atoms with E-state index in [-0.39, 0.29) is 17.9 Å². The van der Waals surface area contributed by atoms with Crippen LogP contribution in [-0.4, -0.2) is 10.1 Å². The summed E-state index contributed by atoms with van der Waals surface area (Å²) in [6, 6.07) is 19.1. The van der Waals surface area contributed by atoms with Gasteiger partial charge in [0.15, 0.2) is 5.11 Å². The van der Waals surface area contributed by atoms with Crippen molar-refractivity contribution in [3.05, 3.63) is 106 Å². The maximum absolute atomic E-state index is 14.0. The number of anilines is 1. The molecule has 33 heavy (non-hydrogen) atoms. The minimum absolute atomic E-state index is 0.271. The van der Waals surface area contributed by atoms with Gasteiger partial charge >= 0.3 is 0 Å². The van der Waals surface area contributed by atoms with Crippen molar-refractivity contribution in [3.63, 3.8) is 0 Å². The number of hydrogen-bond donors (Lipinski definition) is 1. The minimum atomic E-state index is -0.350. The van der Waals surface area contributed by atoms with Gasteiger partial charge in [0.25, 0.3) is 0 Å². The molecule has 166 valence electrons. The van der Waals surface area contributed by atoms with Crippen molar-refractivity contribution < 1.29 is 8.81 Å². The second-order valence-electron chi connectivity index (χ2n) is 7.76. The second-order valence-corrected chi connectivity index (χ2v) is 8.99. The molecule has 8 heteroatoms. The van der Waals surface area contributed by atoms with E-state index in [0.717, 1.165) is 16.9 Å². The van der Waals surface area contributed by atoms with Gasteiger partial charge in [-0.1, -0.05) is 29.3 Å². The minimum Gasteiger partial charge on any atom is -0.459 e. The van der Waals surface area contributed by atoms with Crippen LogP contribution in [0.2, 0.25) is 10.0 Å². The second kappa shape index (κ2) is 8.78. The first-order chi connectivity index (χ1) is 15.9. The SMILES string of the molecule is Cc1cc(N2C(=S)N[C@H](c3ccccn3)[C@H]2c2ccc(-c3ccc(Cl)cc3Cl)o2)ccc1F. The first-order valence-electron chi connectivity index (χ1n) is 10.2. The first-order valence-corrected chi connectivity index (χ1v) is 11.4. The van der Waals surface area contributed by atoms with Crippen LogP contribution in [0.1, 0.15) is 29.1 Å². The largest absolute Gasteiger partial charge is 0.459 e. The van der Waals surface area contributed by atoms with E-state index in [2.05, 4.69) is 10.3 Å². The molecule has 0 unspecified atom stereocenters. The van der Waals surface area contributed by atoms with Crippen LogP contribution in [0.5, 0.6) is 0 Å². The number of rotatable bonds is 4. The van der Waals surface area contributed by atoms with Crippen LogP contribution >= 0.6 is 35.4 Å². The number of halogens is 3. The molecule has 1 fully saturated rings. The summed E-state index contributed by atoms with van der Waals surface area (Å²) in [5.74, 6) is 1.01. The van der Waals surface area contributed by atoms with Crippen molar-refractivity contribution in [1.82, 2.24) is 10.3 Å². The zero-order valence-corrected chi connectivity index (χ0v) is 19.8. The average Bonchev–Trinajstić information content (AvgIpc) is 3.41. The van der Waals surface area contributed by atoms with Gasteiger partial charge < -0.3 is 14.6 Å². The van der Waals surface area contributed by atoms with Crippen molar-refractivity contribution in [1.29, 1.82) is 0 Å². The Kier molecular flexibility index (Phi) is 5.83. The number of furan rings is 1. The highest BCUT2D eigenvalue weighted by molar-refractivity contribution is 7.80. The molecule has 2 atom stereocenters. The number of benzene rings is 2. The number of aromatic nitrogens is 1. The molecule has 0 spiro atoms. The van der Waals surface area contributed by atoms with E-state index in [4.69, 9.17) is 39.8 Å². The third kappa shape index (κ3) is 4.10. The molecule has 1 aliphatic rings. The first kappa shape index (κ1) is 21.9. The van der Waals surface area contributed by atoms with Gasteiger partial charge in [0, 0.05) is 22.5 Å². The molecule has 1 saturated heterocycles. The van der Waals surface area contributed by atoms with E-state index >= 15 is 0 Å². The fourth-order valence-corrected chi connectivity index (χ4v) is 4.89. The smallest absolute Gasteiger partial charge is 0.174 e. The van der Waals surface area contributed by atoms with Crippen LogP contribution in [0.4, 0.5) is 10.1 Å². The number of thiocarbonyl (C=S) groups is 1. The molecule has 0 radical (unpaired) electrons. The molecule has 0 bridgehead atoms. The number of pyridine rings is 1. The van der Waals surface area contributed by atoms with Gasteiger partial charge in [-0.15, -0.1) is 0 Å². The topological polar surface area (TPSA) is 41.3 Å². The predicted octanol–water partition coefficient (Wildman–Crippen LogP) is 7.27. The molecule has 1 N–H and O–H groups in total. The summed E-state index contributed by atoms with van der Waals surface area (Å²) in [7, 11) is 0. The summed E-state index contributed by atoms with van der Waals surface area (Å²) in [5, 5.41) is 4.92. The number of nitrogens with one attached hydrogen (secondary N) is 1. The summed E-state index contributed by atoms with van der Waals surface area (Å²) in [5.41, 5.74) is 2.84. The molecule has 2 aromatic heterocycles. The molecule has 4 nitrogen and oxygen atoms in total. The lowest BCUT2D eigenvalue weighted by Crippen LogP contribution is -2.29. The molecule has 0 aliphatic carbocycles. The average molecular weight is 498 g/mol. The quantitative estimate of drug-likeness (QED) is 0.300. The summed E-state index contributed by atoms with van der Waals surface area (Å²) in [6.45, 7) is 1.73. The molecule has 0 saturated carbocycles. The van der Waals surface area contributed by atoms with E-state index < -0.39 is 0 Å². The highest BCUT2D eigenvalue weighted by Gasteiger charge is 2.42. The van der Waals surface area contributed by atoms with Gasteiger partial charge in [-0.05, 0) is 85.4 Å². The summed E-state index contributed by atoms with van der Waals surface area (Å²) in [6.07, 6.45) is 1.74. The van der Waals surface area contributed by atoms with Gasteiger partial charge in [0.05, 0.1) is 16.8 Å². The van der Waals surface area contributed by atoms with Gasteiger partial charge in [-0.2, -0.15) is 0 Å². The Morgan fingerprint density at radius 3 is 2.64 bits per heavy atom. The molecule has 0 amide bonds. The highest BCUT2D eigenvalue weighted by Crippen LogP contribution is 2.43. The Morgan fingerprint density at radius 1 is 1.06 bits per heavy atom. The maximum atomic E-state index is 14.0. The Bertz CT molecular complexity index is 1340. The third-order valence-electron chi connectivity index (χ3n) is 5.63. The van der Waals surface area contributed by atoms with Crippen LogP contribution in [0.15, 0.2) is 77.3 Å². The van der Waals surface area contributed by atoms with E-state index in [1.165, 1.54) is 6.07 Å². The maximum Gasteiger partial charge on any atom is 0.174 e. The van der Waals surface area contributed by atoms with Crippen LogP contribution in [0, 0.1) is 12.7 Å². The summed E-state index contributed by atoms with van der Waals surface area (Å²) < 4.78 is 20.3. The Balaban J connectivity index is 1.61. The van der Waals surface area contributed by atoms with Crippen LogP contribution < -0.4 is 10.2 Å². The van der Waals surface area contributed by atoms with Crippen molar-refractivity contribution >= 4 is 46.2 Å². The number of aryl methyl sites for hydroxylation is 1. The molecule has 3 heterocycles. The van der Waals surface area contributed by atoms with E-state index in [1.807, 2.05) is 41.3 Å². The molecule has 1 aliphatic heterocycles. The summed E-state index contributed by atoms with van der Waals surface area (Å²) >= 11 is 18.2. The van der Waals surface area contributed by atoms with Gasteiger partial charge in [0.2, 0.25) is 0 Å². The lowest BCUT2D eigenvalue weighted by atomic mass is 10.0. The molecule has 5 rings (SSSR count). The number of nitrogens with zero attached hydrogens (tertiary/aromatic N) is 2. The molecular formula is C25H18Cl2FN3OS. The summed E-state index contributed by atoms with van der Waals surface area (Å²) in [4.78, 5) is 6.47. The van der Waals surface area contributed by atoms with Crippen LogP contribution in [-0.2, 0) is 0 Å². The van der Waals surface area contributed by atoms with Gasteiger partial charge in [-0.25, -0.2) is 4.39 Å². The lowest BCUT2D eigenvalue weighted by Gasteiger charge is -2.26. The predicted molar refractivity (Wildman–Crippen MR) is 133 cm³/mol. The Hall–Kier alpha value is -2.93. The van der Waals surface area contributed by atoms with Crippen LogP contribution in [0.25, 0.3) is 11.3 Å². The Morgan fingerprint density at radius 2 is 1.91 bits per heavy atom. The molecule has 2 aromatic carbocycles. The van der Waals surface area contributed by atoms with Crippen molar-refractivity contribution in [3.8, 4) is 11.3 Å². The normalized spacial score (nSPS) is 17.9. The van der Waals surface area contributed by atoms with Gasteiger partial charge in [0.1, 0.15) is 23.4 Å². The lowest BCUT2D eigenvalue weighted by molar-refractivity contribution is 0.439. The van der Waals surface area contributed by atoms with Crippen LogP contribution in [0.3, 0.4) is 0 Å². The van der Waals surface area contributed by atoms with Gasteiger partial charge in [-0.3, -0.25) is 4.98 Å². The monoisotopic (exact) mass is 497 g/mol. The fraction of sp³-hybridized carbons (Fsp3) is 0.120. The van der Waals surface area contributed by atoms with E-state index in [1.54, 1.807) is 37.4 Å². The fourth-order valence-electron chi connectivity index (χ4n) is 4.05. The highest BCUT2D eigenvalue weighted by atomic mass is 35.5. The standard InChI is InChI=1S/C25H18Cl2FN3OS/c1-14-12-16(6-8-19(14)28)31-24(23(30-25(31)33)20-4-2-3-11-29-20)22-10-9-21(32-22)17-7-5-15(26)13-18(17)27/h2-13,23-24H,1H3,(H,30,33)/t23-,24-/m1/s1. The molecule has 4 aromatic rings. The van der Waals surface area contributed by atoms with Crippen molar-refractivity contribution in [2.24, 2.45) is 0 Å². The van der Waals surface area contributed by atoms with E-state index in [9.17, 15) is 4.39 Å². The number of hydrogen-bond acceptors (Lipinski definition) is 3. The zero-order valence-electron chi connectivity index (χ0n) is 17.4.